The minimum absolute atomic E-state index is 0.100. The van der Waals surface area contributed by atoms with Crippen LogP contribution in [0.4, 0.5) is 0 Å². The maximum absolute atomic E-state index is 13.1. The van der Waals surface area contributed by atoms with Crippen molar-refractivity contribution in [3.8, 4) is 0 Å². The number of rotatable bonds is 5. The van der Waals surface area contributed by atoms with Crippen LogP contribution < -0.4 is 0 Å². The standard InChI is InChI=1S/C18H21BrO4/c1-3-11-9-12(19)5-6-13(11)15-16(20)14-7-8-18(23-14,17(15)21)10-22-4-2/h5-6,9,14-15H,3-4,7-8,10H2,1-2H3. The summed E-state index contributed by atoms with van der Waals surface area (Å²) in [5, 5.41) is 0. The maximum Gasteiger partial charge on any atom is 0.181 e. The number of fused-ring (bicyclic) bond motifs is 2. The summed E-state index contributed by atoms with van der Waals surface area (Å²) in [7, 11) is 0. The Balaban J connectivity index is 2.02. The zero-order valence-electron chi connectivity index (χ0n) is 13.4. The fourth-order valence-electron chi connectivity index (χ4n) is 3.62. The van der Waals surface area contributed by atoms with E-state index >= 15 is 0 Å². The Morgan fingerprint density at radius 3 is 2.83 bits per heavy atom. The molecule has 0 N–H and O–H groups in total. The second-order valence-corrected chi connectivity index (χ2v) is 7.09. The van der Waals surface area contributed by atoms with E-state index in [1.807, 2.05) is 32.0 Å². The van der Waals surface area contributed by atoms with Crippen molar-refractivity contribution >= 4 is 27.5 Å². The van der Waals surface area contributed by atoms with Crippen molar-refractivity contribution in [3.63, 3.8) is 0 Å². The molecule has 0 aliphatic carbocycles. The van der Waals surface area contributed by atoms with Crippen LogP contribution in [0.2, 0.25) is 0 Å². The summed E-state index contributed by atoms with van der Waals surface area (Å²) in [4.78, 5) is 25.9. The number of hydrogen-bond donors (Lipinski definition) is 0. The lowest BCUT2D eigenvalue weighted by molar-refractivity contribution is -0.170. The summed E-state index contributed by atoms with van der Waals surface area (Å²) >= 11 is 3.46. The van der Waals surface area contributed by atoms with E-state index in [-0.39, 0.29) is 18.2 Å². The van der Waals surface area contributed by atoms with Gasteiger partial charge in [0.25, 0.3) is 0 Å². The van der Waals surface area contributed by atoms with E-state index in [1.54, 1.807) is 0 Å². The van der Waals surface area contributed by atoms with E-state index in [0.29, 0.717) is 19.4 Å². The molecule has 0 radical (unpaired) electrons. The molecule has 2 aliphatic heterocycles. The first-order valence-corrected chi connectivity index (χ1v) is 8.93. The molecule has 0 saturated carbocycles. The number of ketones is 2. The van der Waals surface area contributed by atoms with Crippen LogP contribution in [0.1, 0.15) is 43.7 Å². The lowest BCUT2D eigenvalue weighted by atomic mass is 9.79. The summed E-state index contributed by atoms with van der Waals surface area (Å²) in [5.74, 6) is -0.960. The number of halogens is 1. The Labute approximate surface area is 144 Å². The van der Waals surface area contributed by atoms with Crippen LogP contribution in [0.15, 0.2) is 22.7 Å². The normalized spacial score (nSPS) is 30.0. The summed E-state index contributed by atoms with van der Waals surface area (Å²) in [6.07, 6.45) is 1.46. The van der Waals surface area contributed by atoms with Crippen LogP contribution in [0.5, 0.6) is 0 Å². The Hall–Kier alpha value is -1.04. The van der Waals surface area contributed by atoms with Gasteiger partial charge in [0.1, 0.15) is 12.0 Å². The van der Waals surface area contributed by atoms with Crippen LogP contribution in [0.3, 0.4) is 0 Å². The minimum Gasteiger partial charge on any atom is -0.378 e. The lowest BCUT2D eigenvalue weighted by Gasteiger charge is -2.36. The van der Waals surface area contributed by atoms with E-state index < -0.39 is 17.6 Å². The summed E-state index contributed by atoms with van der Waals surface area (Å²) in [6.45, 7) is 4.69. The van der Waals surface area contributed by atoms with Crippen LogP contribution in [0, 0.1) is 0 Å². The molecule has 2 heterocycles. The van der Waals surface area contributed by atoms with Gasteiger partial charge in [-0.05, 0) is 49.4 Å². The van der Waals surface area contributed by atoms with Gasteiger partial charge in [0.2, 0.25) is 0 Å². The fraction of sp³-hybridized carbons (Fsp3) is 0.556. The van der Waals surface area contributed by atoms with Gasteiger partial charge in [-0.15, -0.1) is 0 Å². The van der Waals surface area contributed by atoms with Crippen molar-refractivity contribution in [2.75, 3.05) is 13.2 Å². The molecule has 1 aromatic carbocycles. The van der Waals surface area contributed by atoms with Gasteiger partial charge in [-0.1, -0.05) is 28.9 Å². The Bertz CT molecular complexity index is 642. The van der Waals surface area contributed by atoms with Gasteiger partial charge in [0.05, 0.1) is 6.61 Å². The molecule has 3 atom stereocenters. The predicted octanol–water partition coefficient (Wildman–Crippen LogP) is 3.20. The number of ether oxygens (including phenoxy) is 2. The second-order valence-electron chi connectivity index (χ2n) is 6.17. The first-order valence-electron chi connectivity index (χ1n) is 8.14. The summed E-state index contributed by atoms with van der Waals surface area (Å²) in [5.41, 5.74) is 0.901. The minimum atomic E-state index is -0.947. The first-order chi connectivity index (χ1) is 11.0. The molecule has 124 valence electrons. The Morgan fingerprint density at radius 1 is 1.35 bits per heavy atom. The van der Waals surface area contributed by atoms with Gasteiger partial charge in [-0.25, -0.2) is 0 Å². The van der Waals surface area contributed by atoms with Crippen LogP contribution in [0.25, 0.3) is 0 Å². The number of benzene rings is 1. The third kappa shape index (κ3) is 2.79. The van der Waals surface area contributed by atoms with Gasteiger partial charge in [0.15, 0.2) is 17.2 Å². The molecule has 4 nitrogen and oxygen atoms in total. The third-order valence-electron chi connectivity index (χ3n) is 4.83. The molecule has 2 bridgehead atoms. The van der Waals surface area contributed by atoms with Crippen molar-refractivity contribution in [1.29, 1.82) is 0 Å². The van der Waals surface area contributed by atoms with Crippen molar-refractivity contribution in [2.45, 2.75) is 50.7 Å². The average molecular weight is 381 g/mol. The molecule has 0 aromatic heterocycles. The highest BCUT2D eigenvalue weighted by Crippen LogP contribution is 2.44. The molecule has 2 fully saturated rings. The van der Waals surface area contributed by atoms with E-state index in [1.165, 1.54) is 0 Å². The highest BCUT2D eigenvalue weighted by molar-refractivity contribution is 9.10. The number of Topliss-reactive ketones (excluding diaryl/α,β-unsaturated/α-hetero) is 2. The predicted molar refractivity (Wildman–Crippen MR) is 89.6 cm³/mol. The van der Waals surface area contributed by atoms with E-state index in [0.717, 1.165) is 22.0 Å². The van der Waals surface area contributed by atoms with Gasteiger partial charge in [0, 0.05) is 11.1 Å². The lowest BCUT2D eigenvalue weighted by Crippen LogP contribution is -2.53. The smallest absolute Gasteiger partial charge is 0.181 e. The quantitative estimate of drug-likeness (QED) is 0.736. The molecule has 1 aromatic rings. The van der Waals surface area contributed by atoms with Gasteiger partial charge in [-0.3, -0.25) is 9.59 Å². The first kappa shape index (κ1) is 16.8. The molecule has 0 spiro atoms. The molecular formula is C18H21BrO4. The van der Waals surface area contributed by atoms with Crippen molar-refractivity contribution in [2.24, 2.45) is 0 Å². The molecule has 3 rings (SSSR count). The number of carbonyl (C=O) groups is 2. The van der Waals surface area contributed by atoms with Gasteiger partial charge >= 0.3 is 0 Å². The maximum atomic E-state index is 13.1. The molecule has 5 heteroatoms. The van der Waals surface area contributed by atoms with Gasteiger partial charge < -0.3 is 9.47 Å². The summed E-state index contributed by atoms with van der Waals surface area (Å²) < 4.78 is 12.3. The highest BCUT2D eigenvalue weighted by atomic mass is 79.9. The van der Waals surface area contributed by atoms with Crippen LogP contribution >= 0.6 is 15.9 Å². The zero-order chi connectivity index (χ0) is 16.6. The largest absolute Gasteiger partial charge is 0.378 e. The van der Waals surface area contributed by atoms with Crippen molar-refractivity contribution in [1.82, 2.24) is 0 Å². The van der Waals surface area contributed by atoms with Gasteiger partial charge in [-0.2, -0.15) is 0 Å². The fourth-order valence-corrected chi connectivity index (χ4v) is 4.02. The molecule has 2 aliphatic rings. The summed E-state index contributed by atoms with van der Waals surface area (Å²) in [6, 6.07) is 5.77. The number of carbonyl (C=O) groups excluding carboxylic acids is 2. The molecule has 3 unspecified atom stereocenters. The Kier molecular flexibility index (Phi) is 4.72. The van der Waals surface area contributed by atoms with E-state index in [2.05, 4.69) is 15.9 Å². The van der Waals surface area contributed by atoms with Crippen LogP contribution in [-0.2, 0) is 25.5 Å². The van der Waals surface area contributed by atoms with Crippen molar-refractivity contribution < 1.29 is 19.1 Å². The molecule has 23 heavy (non-hydrogen) atoms. The zero-order valence-corrected chi connectivity index (χ0v) is 15.0. The molecular weight excluding hydrogens is 360 g/mol. The monoisotopic (exact) mass is 380 g/mol. The van der Waals surface area contributed by atoms with E-state index in [9.17, 15) is 9.59 Å². The topological polar surface area (TPSA) is 52.6 Å². The molecule has 0 amide bonds. The molecule has 2 saturated heterocycles. The number of hydrogen-bond acceptors (Lipinski definition) is 4. The number of aryl methyl sites for hydroxylation is 1. The van der Waals surface area contributed by atoms with Crippen LogP contribution in [-0.4, -0.2) is 36.5 Å². The Morgan fingerprint density at radius 2 is 2.13 bits per heavy atom. The second kappa shape index (κ2) is 6.46. The van der Waals surface area contributed by atoms with Crippen molar-refractivity contribution in [3.05, 3.63) is 33.8 Å². The SMILES string of the molecule is CCOCC12CCC(O1)C(=O)C(c1ccc(Br)cc1CC)C2=O. The van der Waals surface area contributed by atoms with E-state index in [4.69, 9.17) is 9.47 Å². The third-order valence-corrected chi connectivity index (χ3v) is 5.32. The average Bonchev–Trinajstić information content (AvgIpc) is 2.95. The highest BCUT2D eigenvalue weighted by Gasteiger charge is 2.58.